The highest BCUT2D eigenvalue weighted by atomic mass is 32.2. The third-order valence-corrected chi connectivity index (χ3v) is 7.55. The fourth-order valence-corrected chi connectivity index (χ4v) is 6.13. The Labute approximate surface area is 178 Å². The van der Waals surface area contributed by atoms with E-state index in [2.05, 4.69) is 0 Å². The Morgan fingerprint density at radius 3 is 2.59 bits per heavy atom. The average molecular weight is 428 g/mol. The van der Waals surface area contributed by atoms with Crippen molar-refractivity contribution in [2.45, 2.75) is 49.9 Å². The van der Waals surface area contributed by atoms with E-state index in [1.165, 1.54) is 28.6 Å². The molecular weight excluding hydrogens is 402 g/mol. The van der Waals surface area contributed by atoms with E-state index in [9.17, 15) is 9.59 Å². The Bertz CT molecular complexity index is 1130. The van der Waals surface area contributed by atoms with E-state index >= 15 is 0 Å². The van der Waals surface area contributed by atoms with Gasteiger partial charge < -0.3 is 4.90 Å². The van der Waals surface area contributed by atoms with Crippen LogP contribution in [0.1, 0.15) is 35.8 Å². The minimum absolute atomic E-state index is 0.00489. The van der Waals surface area contributed by atoms with E-state index in [0.29, 0.717) is 5.16 Å². The molecule has 0 fully saturated rings. The second-order valence-corrected chi connectivity index (χ2v) is 10.1. The molecule has 0 saturated heterocycles. The number of amides is 1. The van der Waals surface area contributed by atoms with Gasteiger partial charge >= 0.3 is 0 Å². The van der Waals surface area contributed by atoms with Gasteiger partial charge in [-0.3, -0.25) is 14.2 Å². The molecule has 0 N–H and O–H groups in total. The topological polar surface area (TPSA) is 55.2 Å². The maximum absolute atomic E-state index is 13.7. The zero-order chi connectivity index (χ0) is 20.7. The van der Waals surface area contributed by atoms with Gasteiger partial charge in [-0.25, -0.2) is 4.98 Å². The fraction of sp³-hybridized carbons (Fsp3) is 0.409. The van der Waals surface area contributed by atoms with Crippen LogP contribution in [-0.4, -0.2) is 39.7 Å². The third-order valence-electron chi connectivity index (χ3n) is 5.32. The largest absolute Gasteiger partial charge is 0.348 e. The minimum atomic E-state index is -0.333. The van der Waals surface area contributed by atoms with E-state index in [4.69, 9.17) is 4.98 Å². The number of hydrogen-bond acceptors (Lipinski definition) is 5. The fourth-order valence-electron chi connectivity index (χ4n) is 3.76. The summed E-state index contributed by atoms with van der Waals surface area (Å²) in [6.45, 7) is 3.89. The number of hydrogen-bond donors (Lipinski definition) is 0. The zero-order valence-corrected chi connectivity index (χ0v) is 18.8. The van der Waals surface area contributed by atoms with Crippen LogP contribution in [0.3, 0.4) is 0 Å². The Balaban J connectivity index is 1.92. The predicted molar refractivity (Wildman–Crippen MR) is 121 cm³/mol. The van der Waals surface area contributed by atoms with Crippen LogP contribution < -0.4 is 5.56 Å². The lowest BCUT2D eigenvalue weighted by atomic mass is 9.97. The van der Waals surface area contributed by atoms with Crippen LogP contribution in [0.15, 0.2) is 34.2 Å². The van der Waals surface area contributed by atoms with E-state index in [1.807, 2.05) is 38.1 Å². The first-order chi connectivity index (χ1) is 13.9. The summed E-state index contributed by atoms with van der Waals surface area (Å²) in [4.78, 5) is 34.7. The van der Waals surface area contributed by atoms with Crippen molar-refractivity contribution in [2.24, 2.45) is 0 Å². The van der Waals surface area contributed by atoms with Crippen LogP contribution in [0.2, 0.25) is 0 Å². The normalized spacial score (nSPS) is 14.6. The number of carbonyl (C=O) groups is 1. The molecule has 2 aromatic heterocycles. The molecule has 3 aromatic rings. The van der Waals surface area contributed by atoms with Gasteiger partial charge in [0.1, 0.15) is 4.83 Å². The van der Waals surface area contributed by atoms with Crippen LogP contribution in [0, 0.1) is 6.92 Å². The molecule has 1 aliphatic rings. The molecule has 29 heavy (non-hydrogen) atoms. The van der Waals surface area contributed by atoms with E-state index in [1.54, 1.807) is 34.9 Å². The van der Waals surface area contributed by atoms with Crippen molar-refractivity contribution in [3.63, 3.8) is 0 Å². The molecule has 0 aliphatic heterocycles. The highest BCUT2D eigenvalue weighted by Gasteiger charge is 2.25. The van der Waals surface area contributed by atoms with Crippen LogP contribution in [0.25, 0.3) is 15.9 Å². The van der Waals surface area contributed by atoms with E-state index < -0.39 is 0 Å². The number of rotatable bonds is 4. The van der Waals surface area contributed by atoms with Crippen LogP contribution >= 0.6 is 23.1 Å². The maximum Gasteiger partial charge on any atom is 0.267 e. The van der Waals surface area contributed by atoms with Gasteiger partial charge in [0.2, 0.25) is 5.91 Å². The summed E-state index contributed by atoms with van der Waals surface area (Å²) in [6, 6.07) is 7.90. The molecule has 1 unspecified atom stereocenters. The summed E-state index contributed by atoms with van der Waals surface area (Å²) in [5.74, 6) is 0.00489. The van der Waals surface area contributed by atoms with Gasteiger partial charge in [-0.05, 0) is 57.2 Å². The molecule has 0 radical (unpaired) electrons. The van der Waals surface area contributed by atoms with E-state index in [-0.39, 0.29) is 16.7 Å². The number of thioether (sulfide) groups is 1. The number of aromatic nitrogens is 2. The summed E-state index contributed by atoms with van der Waals surface area (Å²) in [5.41, 5.74) is 3.08. The van der Waals surface area contributed by atoms with Gasteiger partial charge in [-0.1, -0.05) is 29.5 Å². The van der Waals surface area contributed by atoms with Gasteiger partial charge in [0.25, 0.3) is 5.56 Å². The van der Waals surface area contributed by atoms with Crippen molar-refractivity contribution < 1.29 is 4.79 Å². The number of aryl methyl sites for hydroxylation is 3. The summed E-state index contributed by atoms with van der Waals surface area (Å²) in [5, 5.41) is 1.01. The Morgan fingerprint density at radius 1 is 1.21 bits per heavy atom. The molecule has 0 saturated carbocycles. The number of nitrogens with zero attached hydrogens (tertiary/aromatic N) is 3. The first kappa shape index (κ1) is 20.2. The standard InChI is InChI=1S/C22H25N3O2S2/c1-13-9-11-15(12-10-13)25-21(27)18-16-7-5-6-8-17(16)29-19(18)23-22(25)28-14(2)20(26)24(3)4/h9-12,14H,5-8H2,1-4H3. The lowest BCUT2D eigenvalue weighted by molar-refractivity contribution is -0.127. The molecule has 1 aromatic carbocycles. The second kappa shape index (κ2) is 7.95. The SMILES string of the molecule is Cc1ccc(-n2c(SC(C)C(=O)N(C)C)nc3sc4c(c3c2=O)CCCC4)cc1. The Hall–Kier alpha value is -2.12. The van der Waals surface area contributed by atoms with Gasteiger partial charge in [-0.2, -0.15) is 0 Å². The molecule has 1 atom stereocenters. The van der Waals surface area contributed by atoms with Crippen molar-refractivity contribution >= 4 is 39.2 Å². The number of thiophene rings is 1. The molecule has 1 aliphatic carbocycles. The summed E-state index contributed by atoms with van der Waals surface area (Å²) >= 11 is 2.99. The van der Waals surface area contributed by atoms with Gasteiger partial charge in [0, 0.05) is 19.0 Å². The first-order valence-electron chi connectivity index (χ1n) is 9.89. The molecule has 0 spiro atoms. The quantitative estimate of drug-likeness (QED) is 0.462. The van der Waals surface area contributed by atoms with E-state index in [0.717, 1.165) is 40.7 Å². The van der Waals surface area contributed by atoms with Crippen LogP contribution in [0.5, 0.6) is 0 Å². The van der Waals surface area contributed by atoms with Gasteiger partial charge in [0.15, 0.2) is 5.16 Å². The Kier molecular flexibility index (Phi) is 5.53. The molecule has 7 heteroatoms. The second-order valence-electron chi connectivity index (χ2n) is 7.75. The summed E-state index contributed by atoms with van der Waals surface area (Å²) in [7, 11) is 3.49. The molecule has 152 valence electrons. The molecule has 4 rings (SSSR count). The van der Waals surface area contributed by atoms with Crippen molar-refractivity contribution in [3.8, 4) is 5.69 Å². The van der Waals surface area contributed by atoms with Gasteiger partial charge in [-0.15, -0.1) is 11.3 Å². The van der Waals surface area contributed by atoms with Crippen molar-refractivity contribution in [1.82, 2.24) is 14.5 Å². The zero-order valence-electron chi connectivity index (χ0n) is 17.2. The number of fused-ring (bicyclic) bond motifs is 3. The van der Waals surface area contributed by atoms with Gasteiger partial charge in [0.05, 0.1) is 16.3 Å². The lowest BCUT2D eigenvalue weighted by Gasteiger charge is -2.18. The first-order valence-corrected chi connectivity index (χ1v) is 11.6. The molecular formula is C22H25N3O2S2. The molecule has 2 heterocycles. The summed E-state index contributed by atoms with van der Waals surface area (Å²) < 4.78 is 1.69. The van der Waals surface area contributed by atoms with Crippen molar-refractivity contribution in [1.29, 1.82) is 0 Å². The van der Waals surface area contributed by atoms with Crippen molar-refractivity contribution in [3.05, 3.63) is 50.6 Å². The smallest absolute Gasteiger partial charge is 0.267 e. The summed E-state index contributed by atoms with van der Waals surface area (Å²) in [6.07, 6.45) is 4.26. The molecule has 5 nitrogen and oxygen atoms in total. The maximum atomic E-state index is 13.7. The number of benzene rings is 1. The highest BCUT2D eigenvalue weighted by Crippen LogP contribution is 2.35. The monoisotopic (exact) mass is 427 g/mol. The van der Waals surface area contributed by atoms with Crippen molar-refractivity contribution in [2.75, 3.05) is 14.1 Å². The minimum Gasteiger partial charge on any atom is -0.348 e. The lowest BCUT2D eigenvalue weighted by Crippen LogP contribution is -2.31. The highest BCUT2D eigenvalue weighted by molar-refractivity contribution is 8.00. The predicted octanol–water partition coefficient (Wildman–Crippen LogP) is 4.20. The molecule has 1 amide bonds. The van der Waals surface area contributed by atoms with Crippen LogP contribution in [-0.2, 0) is 17.6 Å². The average Bonchev–Trinajstić information content (AvgIpc) is 3.07. The Morgan fingerprint density at radius 2 is 1.90 bits per heavy atom. The number of carbonyl (C=O) groups excluding carboxylic acids is 1. The van der Waals surface area contributed by atoms with Crippen LogP contribution in [0.4, 0.5) is 0 Å². The third kappa shape index (κ3) is 3.73. The molecule has 0 bridgehead atoms.